The number of carbonyl (C=O) groups is 2. The maximum absolute atomic E-state index is 12.1. The van der Waals surface area contributed by atoms with E-state index in [9.17, 15) is 9.59 Å². The van der Waals surface area contributed by atoms with Crippen molar-refractivity contribution in [1.29, 1.82) is 0 Å². The lowest BCUT2D eigenvalue weighted by atomic mass is 10.0. The SMILES string of the molecule is CC(CO)C(C)NC(=O)C(=O)c1cnn(-c2ccccc2)c1. The van der Waals surface area contributed by atoms with E-state index in [0.717, 1.165) is 5.69 Å². The Morgan fingerprint density at radius 3 is 2.59 bits per heavy atom. The Morgan fingerprint density at radius 1 is 1.27 bits per heavy atom. The Hall–Kier alpha value is -2.47. The molecule has 2 unspecified atom stereocenters. The second-order valence-electron chi connectivity index (χ2n) is 5.26. The lowest BCUT2D eigenvalue weighted by Gasteiger charge is -2.18. The van der Waals surface area contributed by atoms with Crippen LogP contribution >= 0.6 is 0 Å². The highest BCUT2D eigenvalue weighted by Gasteiger charge is 2.22. The summed E-state index contributed by atoms with van der Waals surface area (Å²) in [5.41, 5.74) is 1.04. The Morgan fingerprint density at radius 2 is 1.95 bits per heavy atom. The van der Waals surface area contributed by atoms with Crippen LogP contribution in [0.3, 0.4) is 0 Å². The quantitative estimate of drug-likeness (QED) is 0.620. The first-order chi connectivity index (χ1) is 10.5. The zero-order valence-corrected chi connectivity index (χ0v) is 12.6. The summed E-state index contributed by atoms with van der Waals surface area (Å²) >= 11 is 0. The summed E-state index contributed by atoms with van der Waals surface area (Å²) < 4.78 is 1.54. The fourth-order valence-corrected chi connectivity index (χ4v) is 1.87. The van der Waals surface area contributed by atoms with Gasteiger partial charge in [0.25, 0.3) is 11.7 Å². The van der Waals surface area contributed by atoms with Gasteiger partial charge in [-0.2, -0.15) is 5.10 Å². The van der Waals surface area contributed by atoms with E-state index in [1.54, 1.807) is 18.5 Å². The van der Waals surface area contributed by atoms with E-state index < -0.39 is 11.7 Å². The van der Waals surface area contributed by atoms with Gasteiger partial charge in [0.2, 0.25) is 0 Å². The fourth-order valence-electron chi connectivity index (χ4n) is 1.87. The maximum Gasteiger partial charge on any atom is 0.292 e. The number of nitrogens with zero attached hydrogens (tertiary/aromatic N) is 2. The number of Topliss-reactive ketones (excluding diaryl/α,β-unsaturated/α-hetero) is 1. The standard InChI is InChI=1S/C16H19N3O3/c1-11(10-20)12(2)18-16(22)15(21)13-8-17-19(9-13)14-6-4-3-5-7-14/h3-9,11-12,20H,10H2,1-2H3,(H,18,22). The number of hydrogen-bond acceptors (Lipinski definition) is 4. The van der Waals surface area contributed by atoms with Crippen molar-refractivity contribution >= 4 is 11.7 Å². The molecule has 6 nitrogen and oxygen atoms in total. The van der Waals surface area contributed by atoms with E-state index in [-0.39, 0.29) is 24.1 Å². The number of ketones is 1. The van der Waals surface area contributed by atoms with Gasteiger partial charge in [0.1, 0.15) is 0 Å². The van der Waals surface area contributed by atoms with Crippen LogP contribution < -0.4 is 5.32 Å². The molecule has 6 heteroatoms. The number of nitrogens with one attached hydrogen (secondary N) is 1. The van der Waals surface area contributed by atoms with Gasteiger partial charge in [-0.1, -0.05) is 25.1 Å². The third kappa shape index (κ3) is 3.59. The number of benzene rings is 1. The van der Waals surface area contributed by atoms with Crippen molar-refractivity contribution in [3.8, 4) is 5.69 Å². The average molecular weight is 301 g/mol. The highest BCUT2D eigenvalue weighted by atomic mass is 16.3. The molecule has 0 radical (unpaired) electrons. The second kappa shape index (κ2) is 7.00. The topological polar surface area (TPSA) is 84.2 Å². The molecule has 2 atom stereocenters. The molecule has 1 heterocycles. The maximum atomic E-state index is 12.1. The van der Waals surface area contributed by atoms with E-state index in [1.165, 1.54) is 12.4 Å². The van der Waals surface area contributed by atoms with Gasteiger partial charge in [-0.05, 0) is 25.0 Å². The first-order valence-corrected chi connectivity index (χ1v) is 7.09. The molecule has 0 saturated carbocycles. The van der Waals surface area contributed by atoms with Crippen molar-refractivity contribution in [2.45, 2.75) is 19.9 Å². The van der Waals surface area contributed by atoms with Crippen LogP contribution in [0.25, 0.3) is 5.69 Å². The van der Waals surface area contributed by atoms with Crippen LogP contribution in [-0.4, -0.2) is 39.2 Å². The lowest BCUT2D eigenvalue weighted by Crippen LogP contribution is -2.41. The molecule has 0 aliphatic rings. The van der Waals surface area contributed by atoms with Crippen LogP contribution in [0.5, 0.6) is 0 Å². The molecule has 1 aromatic carbocycles. The smallest absolute Gasteiger partial charge is 0.292 e. The normalized spacial score (nSPS) is 13.4. The lowest BCUT2D eigenvalue weighted by molar-refractivity contribution is -0.117. The van der Waals surface area contributed by atoms with Crippen molar-refractivity contribution in [3.63, 3.8) is 0 Å². The van der Waals surface area contributed by atoms with Gasteiger partial charge in [-0.15, -0.1) is 0 Å². The minimum atomic E-state index is -0.694. The minimum Gasteiger partial charge on any atom is -0.396 e. The van der Waals surface area contributed by atoms with Gasteiger partial charge in [0.05, 0.1) is 17.4 Å². The molecule has 0 bridgehead atoms. The van der Waals surface area contributed by atoms with Gasteiger partial charge in [0, 0.05) is 18.8 Å². The van der Waals surface area contributed by atoms with Crippen molar-refractivity contribution < 1.29 is 14.7 Å². The molecule has 1 amide bonds. The Bertz CT molecular complexity index is 652. The van der Waals surface area contributed by atoms with E-state index >= 15 is 0 Å². The third-order valence-corrected chi connectivity index (χ3v) is 3.57. The van der Waals surface area contributed by atoms with Crippen molar-refractivity contribution in [2.24, 2.45) is 5.92 Å². The molecule has 0 aliphatic heterocycles. The highest BCUT2D eigenvalue weighted by Crippen LogP contribution is 2.09. The van der Waals surface area contributed by atoms with Gasteiger partial charge in [0.15, 0.2) is 0 Å². The molecule has 0 spiro atoms. The van der Waals surface area contributed by atoms with E-state index in [2.05, 4.69) is 10.4 Å². The third-order valence-electron chi connectivity index (χ3n) is 3.57. The van der Waals surface area contributed by atoms with Gasteiger partial charge >= 0.3 is 0 Å². The molecular formula is C16H19N3O3. The molecule has 2 rings (SSSR count). The molecule has 22 heavy (non-hydrogen) atoms. The van der Waals surface area contributed by atoms with Gasteiger partial charge in [-0.3, -0.25) is 9.59 Å². The molecule has 0 aliphatic carbocycles. The summed E-state index contributed by atoms with van der Waals surface area (Å²) in [6, 6.07) is 9.03. The molecule has 2 aromatic rings. The van der Waals surface area contributed by atoms with Crippen LogP contribution in [0.4, 0.5) is 0 Å². The molecule has 116 valence electrons. The first-order valence-electron chi connectivity index (χ1n) is 7.09. The van der Waals surface area contributed by atoms with Crippen LogP contribution in [0, 0.1) is 5.92 Å². The summed E-state index contributed by atoms with van der Waals surface area (Å²) in [5, 5.41) is 15.7. The van der Waals surface area contributed by atoms with Crippen molar-refractivity contribution in [2.75, 3.05) is 6.61 Å². The summed E-state index contributed by atoms with van der Waals surface area (Å²) in [6.07, 6.45) is 2.90. The zero-order valence-electron chi connectivity index (χ0n) is 12.6. The summed E-state index contributed by atoms with van der Waals surface area (Å²) in [7, 11) is 0. The highest BCUT2D eigenvalue weighted by molar-refractivity contribution is 6.42. The first kappa shape index (κ1) is 15.9. The number of hydrogen-bond donors (Lipinski definition) is 2. The van der Waals surface area contributed by atoms with Gasteiger partial charge < -0.3 is 10.4 Å². The average Bonchev–Trinajstić information content (AvgIpc) is 3.03. The monoisotopic (exact) mass is 301 g/mol. The fraction of sp³-hybridized carbons (Fsp3) is 0.312. The summed E-state index contributed by atoms with van der Waals surface area (Å²) in [6.45, 7) is 3.49. The predicted octanol–water partition coefficient (Wildman–Crippen LogP) is 1.19. The number of aromatic nitrogens is 2. The van der Waals surface area contributed by atoms with E-state index in [4.69, 9.17) is 5.11 Å². The van der Waals surface area contributed by atoms with Crippen molar-refractivity contribution in [1.82, 2.24) is 15.1 Å². The number of amides is 1. The Labute approximate surface area is 128 Å². The number of aliphatic hydroxyl groups is 1. The Balaban J connectivity index is 2.07. The molecular weight excluding hydrogens is 282 g/mol. The van der Waals surface area contributed by atoms with E-state index in [0.29, 0.717) is 0 Å². The Kier molecular flexibility index (Phi) is 5.06. The van der Waals surface area contributed by atoms with Gasteiger partial charge in [-0.25, -0.2) is 4.68 Å². The molecule has 2 N–H and O–H groups in total. The number of carbonyl (C=O) groups excluding carboxylic acids is 2. The second-order valence-corrected chi connectivity index (χ2v) is 5.26. The summed E-state index contributed by atoms with van der Waals surface area (Å²) in [4.78, 5) is 24.0. The minimum absolute atomic E-state index is 0.0540. The summed E-state index contributed by atoms with van der Waals surface area (Å²) in [5.74, 6) is -1.46. The number of para-hydroxylation sites is 1. The van der Waals surface area contributed by atoms with Crippen LogP contribution in [0.1, 0.15) is 24.2 Å². The molecule has 0 fully saturated rings. The van der Waals surface area contributed by atoms with Crippen LogP contribution in [-0.2, 0) is 4.79 Å². The molecule has 1 aromatic heterocycles. The number of rotatable bonds is 6. The zero-order chi connectivity index (χ0) is 16.1. The molecule has 0 saturated heterocycles. The van der Waals surface area contributed by atoms with Crippen LogP contribution in [0.15, 0.2) is 42.7 Å². The predicted molar refractivity (Wildman–Crippen MR) is 81.7 cm³/mol. The van der Waals surface area contributed by atoms with Crippen LogP contribution in [0.2, 0.25) is 0 Å². The number of aliphatic hydroxyl groups excluding tert-OH is 1. The largest absolute Gasteiger partial charge is 0.396 e. The van der Waals surface area contributed by atoms with Crippen molar-refractivity contribution in [3.05, 3.63) is 48.3 Å². The van der Waals surface area contributed by atoms with E-state index in [1.807, 2.05) is 30.3 Å².